The molecular weight excluding hydrogens is 315 g/mol. The molecule has 1 heterocycles. The minimum absolute atomic E-state index is 0.288. The van der Waals surface area contributed by atoms with Gasteiger partial charge in [0.25, 0.3) is 0 Å². The van der Waals surface area contributed by atoms with Crippen LogP contribution in [0.2, 0.25) is 0 Å². The summed E-state index contributed by atoms with van der Waals surface area (Å²) in [6.07, 6.45) is 1.90. The zero-order valence-electron chi connectivity index (χ0n) is 12.4. The normalized spacial score (nSPS) is 11.9. The van der Waals surface area contributed by atoms with Crippen LogP contribution in [0.1, 0.15) is 11.1 Å². The maximum absolute atomic E-state index is 13.1. The van der Waals surface area contributed by atoms with Gasteiger partial charge in [0, 0.05) is 27.8 Å². The molecule has 2 aromatic carbocycles. The number of carbonyl (C=O) groups is 1. The Morgan fingerprint density at radius 3 is 2.57 bits per heavy atom. The van der Waals surface area contributed by atoms with E-state index in [1.165, 1.54) is 18.2 Å². The number of rotatable bonds is 3. The van der Waals surface area contributed by atoms with Gasteiger partial charge < -0.3 is 10.7 Å². The highest BCUT2D eigenvalue weighted by atomic mass is 35.5. The fourth-order valence-electron chi connectivity index (χ4n) is 2.77. The van der Waals surface area contributed by atoms with Crippen LogP contribution in [0.25, 0.3) is 27.2 Å². The van der Waals surface area contributed by atoms with Crippen molar-refractivity contribution in [1.29, 1.82) is 0 Å². The number of hydrogen-bond acceptors (Lipinski definition) is 2. The maximum atomic E-state index is 13.1. The topological polar surface area (TPSA) is 58.9 Å². The molecule has 1 aromatic heterocycles. The predicted molar refractivity (Wildman–Crippen MR) is 92.7 cm³/mol. The van der Waals surface area contributed by atoms with E-state index in [4.69, 9.17) is 17.3 Å². The number of carbonyl (C=O) groups excluding carboxylic acids is 1. The first kappa shape index (κ1) is 15.3. The molecule has 3 aromatic rings. The van der Waals surface area contributed by atoms with Crippen LogP contribution in [0.4, 0.5) is 10.1 Å². The Balaban J connectivity index is 2.31. The van der Waals surface area contributed by atoms with Crippen molar-refractivity contribution < 1.29 is 9.18 Å². The molecule has 3 N–H and O–H groups in total. The Bertz CT molecular complexity index is 926. The average Bonchev–Trinajstić information content (AvgIpc) is 2.85. The summed E-state index contributed by atoms with van der Waals surface area (Å²) in [5, 5.41) is 1.14. The van der Waals surface area contributed by atoms with Crippen molar-refractivity contribution >= 4 is 39.5 Å². The molecule has 0 amide bonds. The summed E-state index contributed by atoms with van der Waals surface area (Å²) < 4.78 is 13.1. The summed E-state index contributed by atoms with van der Waals surface area (Å²) in [6, 6.07) is 9.84. The quantitative estimate of drug-likeness (QED) is 0.418. The standard InChI is InChI=1S/C18H14ClFN2O/c1-10-16-15(7-6-14(21)17(16)13(19)8-9-23)22-18(10)11-2-4-12(20)5-3-11/h2-9,22H,21H2,1H3/b13-8+. The first-order chi connectivity index (χ1) is 11.0. The maximum Gasteiger partial charge on any atom is 0.144 e. The number of anilines is 1. The highest BCUT2D eigenvalue weighted by molar-refractivity contribution is 6.51. The second-order valence-corrected chi connectivity index (χ2v) is 5.64. The Labute approximate surface area is 137 Å². The number of nitrogens with one attached hydrogen (secondary N) is 1. The van der Waals surface area contributed by atoms with E-state index in [0.717, 1.165) is 27.7 Å². The number of nitrogens with two attached hydrogens (primary N) is 1. The molecule has 0 atom stereocenters. The molecule has 0 aliphatic heterocycles. The number of aldehydes is 1. The third kappa shape index (κ3) is 2.62. The number of benzene rings is 2. The fraction of sp³-hybridized carbons (Fsp3) is 0.0556. The van der Waals surface area contributed by atoms with Crippen molar-refractivity contribution in [2.75, 3.05) is 5.73 Å². The molecule has 0 unspecified atom stereocenters. The summed E-state index contributed by atoms with van der Waals surface area (Å²) in [6.45, 7) is 1.94. The smallest absolute Gasteiger partial charge is 0.144 e. The van der Waals surface area contributed by atoms with Crippen molar-refractivity contribution in [3.05, 3.63) is 59.4 Å². The minimum atomic E-state index is -0.288. The lowest BCUT2D eigenvalue weighted by molar-refractivity contribution is -0.104. The molecule has 0 fully saturated rings. The third-order valence-electron chi connectivity index (χ3n) is 3.83. The molecule has 0 radical (unpaired) electrons. The van der Waals surface area contributed by atoms with Gasteiger partial charge in [0.2, 0.25) is 0 Å². The van der Waals surface area contributed by atoms with E-state index >= 15 is 0 Å². The van der Waals surface area contributed by atoms with E-state index in [1.54, 1.807) is 18.2 Å². The zero-order chi connectivity index (χ0) is 16.6. The van der Waals surface area contributed by atoms with E-state index < -0.39 is 0 Å². The van der Waals surface area contributed by atoms with Crippen LogP contribution in [-0.4, -0.2) is 11.3 Å². The van der Waals surface area contributed by atoms with Crippen molar-refractivity contribution in [3.8, 4) is 11.3 Å². The minimum Gasteiger partial charge on any atom is -0.398 e. The third-order valence-corrected chi connectivity index (χ3v) is 4.15. The molecule has 0 aliphatic carbocycles. The molecule has 0 spiro atoms. The lowest BCUT2D eigenvalue weighted by Gasteiger charge is -2.07. The molecule has 116 valence electrons. The van der Waals surface area contributed by atoms with Gasteiger partial charge >= 0.3 is 0 Å². The van der Waals surface area contributed by atoms with Crippen LogP contribution in [0, 0.1) is 12.7 Å². The van der Waals surface area contributed by atoms with Gasteiger partial charge in [0.1, 0.15) is 12.1 Å². The molecule has 3 nitrogen and oxygen atoms in total. The van der Waals surface area contributed by atoms with Gasteiger partial charge in [-0.3, -0.25) is 4.79 Å². The van der Waals surface area contributed by atoms with Crippen LogP contribution in [0.5, 0.6) is 0 Å². The Kier molecular flexibility index (Phi) is 3.92. The summed E-state index contributed by atoms with van der Waals surface area (Å²) >= 11 is 6.23. The molecule has 0 saturated heterocycles. The number of H-pyrrole nitrogens is 1. The SMILES string of the molecule is Cc1c(-c2ccc(F)cc2)[nH]c2ccc(N)c(/C(Cl)=C\C=O)c12. The number of aromatic nitrogens is 1. The van der Waals surface area contributed by atoms with Crippen LogP contribution < -0.4 is 5.73 Å². The van der Waals surface area contributed by atoms with E-state index in [-0.39, 0.29) is 10.8 Å². The number of aromatic amines is 1. The number of allylic oxidation sites excluding steroid dienone is 1. The van der Waals surface area contributed by atoms with Gasteiger partial charge in [-0.1, -0.05) is 11.6 Å². The number of aryl methyl sites for hydroxylation is 1. The number of fused-ring (bicyclic) bond motifs is 1. The van der Waals surface area contributed by atoms with Gasteiger partial charge in [-0.25, -0.2) is 4.39 Å². The van der Waals surface area contributed by atoms with E-state index in [0.29, 0.717) is 17.5 Å². The lowest BCUT2D eigenvalue weighted by Crippen LogP contribution is -1.93. The van der Waals surface area contributed by atoms with E-state index in [2.05, 4.69) is 4.98 Å². The van der Waals surface area contributed by atoms with Crippen LogP contribution in [0.3, 0.4) is 0 Å². The Hall–Kier alpha value is -2.59. The highest BCUT2D eigenvalue weighted by Gasteiger charge is 2.16. The van der Waals surface area contributed by atoms with Crippen molar-refractivity contribution in [1.82, 2.24) is 4.98 Å². The highest BCUT2D eigenvalue weighted by Crippen LogP contribution is 2.38. The van der Waals surface area contributed by atoms with Gasteiger partial charge in [-0.2, -0.15) is 0 Å². The number of nitrogen functional groups attached to an aromatic ring is 1. The van der Waals surface area contributed by atoms with Gasteiger partial charge in [-0.15, -0.1) is 0 Å². The molecule has 0 aliphatic rings. The monoisotopic (exact) mass is 328 g/mol. The summed E-state index contributed by atoms with van der Waals surface area (Å²) in [7, 11) is 0. The summed E-state index contributed by atoms with van der Waals surface area (Å²) in [5.41, 5.74) is 10.7. The molecular formula is C18H14ClFN2O. The van der Waals surface area contributed by atoms with Crippen molar-refractivity contribution in [3.63, 3.8) is 0 Å². The number of hydrogen-bond donors (Lipinski definition) is 2. The van der Waals surface area contributed by atoms with E-state index in [1.807, 2.05) is 13.0 Å². The summed E-state index contributed by atoms with van der Waals surface area (Å²) in [4.78, 5) is 14.0. The first-order valence-electron chi connectivity index (χ1n) is 7.01. The van der Waals surface area contributed by atoms with Crippen LogP contribution in [-0.2, 0) is 4.79 Å². The average molecular weight is 329 g/mol. The Morgan fingerprint density at radius 2 is 1.91 bits per heavy atom. The van der Waals surface area contributed by atoms with Crippen LogP contribution >= 0.6 is 11.6 Å². The van der Waals surface area contributed by atoms with Gasteiger partial charge in [0.05, 0.1) is 5.03 Å². The number of halogens is 2. The molecule has 0 bridgehead atoms. The van der Waals surface area contributed by atoms with Crippen LogP contribution in [0.15, 0.2) is 42.5 Å². The largest absolute Gasteiger partial charge is 0.398 e. The predicted octanol–water partition coefficient (Wildman–Crippen LogP) is 4.64. The molecule has 23 heavy (non-hydrogen) atoms. The van der Waals surface area contributed by atoms with Crippen molar-refractivity contribution in [2.45, 2.75) is 6.92 Å². The van der Waals surface area contributed by atoms with Gasteiger partial charge in [-0.05, 0) is 60.5 Å². The molecule has 5 heteroatoms. The van der Waals surface area contributed by atoms with Gasteiger partial charge in [0.15, 0.2) is 0 Å². The summed E-state index contributed by atoms with van der Waals surface area (Å²) in [5.74, 6) is -0.288. The van der Waals surface area contributed by atoms with E-state index in [9.17, 15) is 9.18 Å². The second kappa shape index (κ2) is 5.89. The Morgan fingerprint density at radius 1 is 1.22 bits per heavy atom. The molecule has 3 rings (SSSR count). The first-order valence-corrected chi connectivity index (χ1v) is 7.38. The molecule has 0 saturated carbocycles. The zero-order valence-corrected chi connectivity index (χ0v) is 13.1. The lowest BCUT2D eigenvalue weighted by atomic mass is 10.0. The fourth-order valence-corrected chi connectivity index (χ4v) is 3.03. The van der Waals surface area contributed by atoms with Crippen molar-refractivity contribution in [2.24, 2.45) is 0 Å². The second-order valence-electron chi connectivity index (χ2n) is 5.23.